The van der Waals surface area contributed by atoms with Crippen LogP contribution in [0.15, 0.2) is 39.4 Å². The van der Waals surface area contributed by atoms with Gasteiger partial charge < -0.3 is 10.6 Å². The number of anilines is 2. The quantitative estimate of drug-likeness (QED) is 0.718. The third kappa shape index (κ3) is 4.18. The summed E-state index contributed by atoms with van der Waals surface area (Å²) in [7, 11) is 0. The molecule has 0 fully saturated rings. The maximum atomic E-state index is 12.4. The van der Waals surface area contributed by atoms with E-state index in [1.165, 1.54) is 0 Å². The molecule has 0 spiro atoms. The number of amides is 1. The highest BCUT2D eigenvalue weighted by Crippen LogP contribution is 2.26. The van der Waals surface area contributed by atoms with Crippen LogP contribution in [-0.2, 0) is 0 Å². The van der Waals surface area contributed by atoms with Gasteiger partial charge in [0, 0.05) is 27.4 Å². The van der Waals surface area contributed by atoms with Gasteiger partial charge in [0.15, 0.2) is 0 Å². The van der Waals surface area contributed by atoms with Gasteiger partial charge in [-0.05, 0) is 63.0 Å². The summed E-state index contributed by atoms with van der Waals surface area (Å²) in [6.45, 7) is 2.62. The first kappa shape index (κ1) is 16.3. The first-order valence-electron chi connectivity index (χ1n) is 6.17. The first-order chi connectivity index (χ1) is 10.0. The molecule has 0 saturated heterocycles. The van der Waals surface area contributed by atoms with Crippen LogP contribution in [-0.4, -0.2) is 17.4 Å². The predicted molar refractivity (Wildman–Crippen MR) is 93.2 cm³/mol. The Balaban J connectivity index is 2.27. The van der Waals surface area contributed by atoms with Gasteiger partial charge in [0.2, 0.25) is 0 Å². The normalized spacial score (nSPS) is 10.3. The fourth-order valence-electron chi connectivity index (χ4n) is 1.69. The van der Waals surface area contributed by atoms with Crippen LogP contribution in [0.3, 0.4) is 0 Å². The van der Waals surface area contributed by atoms with E-state index >= 15 is 0 Å². The van der Waals surface area contributed by atoms with Crippen molar-refractivity contribution in [3.8, 4) is 0 Å². The topological polar surface area (TPSA) is 54.0 Å². The van der Waals surface area contributed by atoms with E-state index in [2.05, 4.69) is 47.5 Å². The van der Waals surface area contributed by atoms with Gasteiger partial charge in [-0.15, -0.1) is 0 Å². The highest BCUT2D eigenvalue weighted by Gasteiger charge is 2.14. The number of pyridine rings is 1. The molecule has 110 valence electrons. The van der Waals surface area contributed by atoms with Crippen LogP contribution >= 0.6 is 43.5 Å². The zero-order valence-electron chi connectivity index (χ0n) is 11.1. The highest BCUT2D eigenvalue weighted by atomic mass is 79.9. The van der Waals surface area contributed by atoms with Crippen LogP contribution < -0.4 is 10.6 Å². The monoisotopic (exact) mass is 431 g/mol. The Morgan fingerprint density at radius 1 is 1.33 bits per heavy atom. The van der Waals surface area contributed by atoms with Crippen molar-refractivity contribution >= 4 is 60.9 Å². The van der Waals surface area contributed by atoms with Gasteiger partial charge >= 0.3 is 0 Å². The zero-order chi connectivity index (χ0) is 15.4. The molecular weight excluding hydrogens is 421 g/mol. The van der Waals surface area contributed by atoms with Crippen LogP contribution in [0, 0.1) is 0 Å². The lowest BCUT2D eigenvalue weighted by Crippen LogP contribution is -2.15. The lowest BCUT2D eigenvalue weighted by Gasteiger charge is -2.11. The second-order valence-electron chi connectivity index (χ2n) is 4.16. The number of halogens is 3. The Morgan fingerprint density at radius 3 is 2.76 bits per heavy atom. The van der Waals surface area contributed by atoms with Gasteiger partial charge in [0.1, 0.15) is 5.82 Å². The molecule has 1 aromatic carbocycles. The van der Waals surface area contributed by atoms with Crippen molar-refractivity contribution in [3.63, 3.8) is 0 Å². The first-order valence-corrected chi connectivity index (χ1v) is 8.13. The fraction of sp³-hybridized carbons (Fsp3) is 0.143. The third-order valence-electron chi connectivity index (χ3n) is 2.62. The zero-order valence-corrected chi connectivity index (χ0v) is 15.0. The van der Waals surface area contributed by atoms with Crippen molar-refractivity contribution in [2.75, 3.05) is 17.2 Å². The SMILES string of the molecule is CCNc1ncc(Br)cc1C(=O)Nc1ccc(Br)c(Cl)c1. The van der Waals surface area contributed by atoms with Gasteiger partial charge in [-0.2, -0.15) is 0 Å². The van der Waals surface area contributed by atoms with Crippen LogP contribution in [0.4, 0.5) is 11.5 Å². The number of nitrogens with zero attached hydrogens (tertiary/aromatic N) is 1. The molecule has 0 saturated carbocycles. The maximum Gasteiger partial charge on any atom is 0.259 e. The van der Waals surface area contributed by atoms with Crippen LogP contribution in [0.1, 0.15) is 17.3 Å². The molecular formula is C14H12Br2ClN3O. The summed E-state index contributed by atoms with van der Waals surface area (Å²) in [6.07, 6.45) is 1.64. The number of benzene rings is 1. The number of carbonyl (C=O) groups excluding carboxylic acids is 1. The summed E-state index contributed by atoms with van der Waals surface area (Å²) >= 11 is 12.7. The molecule has 1 aromatic heterocycles. The number of aromatic nitrogens is 1. The summed E-state index contributed by atoms with van der Waals surface area (Å²) < 4.78 is 1.52. The Labute approximate surface area is 144 Å². The van der Waals surface area contributed by atoms with E-state index in [1.807, 2.05) is 6.92 Å². The average molecular weight is 434 g/mol. The van der Waals surface area contributed by atoms with E-state index in [-0.39, 0.29) is 5.91 Å². The molecule has 2 aromatic rings. The van der Waals surface area contributed by atoms with Gasteiger partial charge in [0.25, 0.3) is 5.91 Å². The Bertz CT molecular complexity index is 679. The van der Waals surface area contributed by atoms with Crippen LogP contribution in [0.25, 0.3) is 0 Å². The molecule has 0 aliphatic rings. The van der Waals surface area contributed by atoms with Crippen molar-refractivity contribution < 1.29 is 4.79 Å². The number of rotatable bonds is 4. The number of nitrogens with one attached hydrogen (secondary N) is 2. The third-order valence-corrected chi connectivity index (χ3v) is 4.29. The van der Waals surface area contributed by atoms with Gasteiger partial charge in [-0.3, -0.25) is 4.79 Å². The number of hydrogen-bond donors (Lipinski definition) is 2. The smallest absolute Gasteiger partial charge is 0.259 e. The fourth-order valence-corrected chi connectivity index (χ4v) is 2.45. The van der Waals surface area contributed by atoms with E-state index in [0.29, 0.717) is 28.6 Å². The van der Waals surface area contributed by atoms with Gasteiger partial charge in [-0.1, -0.05) is 11.6 Å². The molecule has 0 unspecified atom stereocenters. The van der Waals surface area contributed by atoms with E-state index in [0.717, 1.165) is 8.95 Å². The molecule has 0 atom stereocenters. The number of carbonyl (C=O) groups is 1. The van der Waals surface area contributed by atoms with E-state index < -0.39 is 0 Å². The molecule has 21 heavy (non-hydrogen) atoms. The summed E-state index contributed by atoms with van der Waals surface area (Å²) in [5.74, 6) is 0.291. The van der Waals surface area contributed by atoms with Crippen LogP contribution in [0.5, 0.6) is 0 Å². The predicted octanol–water partition coefficient (Wildman–Crippen LogP) is 4.94. The molecule has 1 heterocycles. The number of hydrogen-bond acceptors (Lipinski definition) is 3. The average Bonchev–Trinajstić information content (AvgIpc) is 2.45. The molecule has 0 aliphatic carbocycles. The van der Waals surface area contributed by atoms with E-state index in [9.17, 15) is 4.79 Å². The molecule has 2 rings (SSSR count). The standard InChI is InChI=1S/C14H12Br2ClN3O/c1-2-18-13-10(5-8(15)7-19-13)14(21)20-9-3-4-11(16)12(17)6-9/h3-7H,2H2,1H3,(H,18,19)(H,20,21). The Morgan fingerprint density at radius 2 is 2.10 bits per heavy atom. The highest BCUT2D eigenvalue weighted by molar-refractivity contribution is 9.10. The Hall–Kier alpha value is -1.11. The van der Waals surface area contributed by atoms with Crippen molar-refractivity contribution in [2.45, 2.75) is 6.92 Å². The summed E-state index contributed by atoms with van der Waals surface area (Å²) in [5, 5.41) is 6.41. The van der Waals surface area contributed by atoms with Crippen molar-refractivity contribution in [3.05, 3.63) is 50.0 Å². The minimum atomic E-state index is -0.252. The molecule has 2 N–H and O–H groups in total. The largest absolute Gasteiger partial charge is 0.370 e. The molecule has 1 amide bonds. The molecule has 0 bridgehead atoms. The summed E-state index contributed by atoms with van der Waals surface area (Å²) in [5.41, 5.74) is 1.08. The molecule has 0 aliphatic heterocycles. The van der Waals surface area contributed by atoms with Crippen molar-refractivity contribution in [1.29, 1.82) is 0 Å². The second kappa shape index (κ2) is 7.24. The molecule has 4 nitrogen and oxygen atoms in total. The summed E-state index contributed by atoms with van der Waals surface area (Å²) in [4.78, 5) is 16.6. The molecule has 0 radical (unpaired) electrons. The van der Waals surface area contributed by atoms with Crippen LogP contribution in [0.2, 0.25) is 5.02 Å². The van der Waals surface area contributed by atoms with E-state index in [4.69, 9.17) is 11.6 Å². The molecule has 7 heteroatoms. The van der Waals surface area contributed by atoms with Gasteiger partial charge in [0.05, 0.1) is 10.6 Å². The van der Waals surface area contributed by atoms with E-state index in [1.54, 1.807) is 30.5 Å². The minimum absolute atomic E-state index is 0.252. The lowest BCUT2D eigenvalue weighted by atomic mass is 10.2. The second-order valence-corrected chi connectivity index (χ2v) is 6.34. The van der Waals surface area contributed by atoms with Gasteiger partial charge in [-0.25, -0.2) is 4.98 Å². The summed E-state index contributed by atoms with van der Waals surface area (Å²) in [6, 6.07) is 6.96. The van der Waals surface area contributed by atoms with Crippen molar-refractivity contribution in [2.24, 2.45) is 0 Å². The Kier molecular flexibility index (Phi) is 5.61. The van der Waals surface area contributed by atoms with Crippen molar-refractivity contribution in [1.82, 2.24) is 4.98 Å². The lowest BCUT2D eigenvalue weighted by molar-refractivity contribution is 0.102. The maximum absolute atomic E-state index is 12.4. The minimum Gasteiger partial charge on any atom is -0.370 e.